The number of piperidine rings is 1. The molecule has 0 aliphatic carbocycles. The van der Waals surface area contributed by atoms with Crippen molar-refractivity contribution in [2.24, 2.45) is 0 Å². The van der Waals surface area contributed by atoms with E-state index in [9.17, 15) is 9.18 Å². The molecule has 1 amide bonds. The Morgan fingerprint density at radius 1 is 1.32 bits per heavy atom. The quantitative estimate of drug-likeness (QED) is 0.905. The molecular weight excluding hydrogens is 321 g/mol. The molecule has 1 aliphatic heterocycles. The van der Waals surface area contributed by atoms with Crippen LogP contribution in [0.4, 0.5) is 4.39 Å². The number of carbonyl (C=O) groups is 1. The Bertz CT molecular complexity index is 707. The second kappa shape index (κ2) is 7.78. The van der Waals surface area contributed by atoms with Gasteiger partial charge in [0.05, 0.1) is 18.3 Å². The molecule has 1 aromatic carbocycles. The summed E-state index contributed by atoms with van der Waals surface area (Å²) in [6.07, 6.45) is 2.94. The zero-order chi connectivity index (χ0) is 17.8. The van der Waals surface area contributed by atoms with Crippen LogP contribution in [0.15, 0.2) is 28.7 Å². The molecule has 0 radical (unpaired) electrons. The zero-order valence-electron chi connectivity index (χ0n) is 14.7. The molecule has 1 saturated heterocycles. The van der Waals surface area contributed by atoms with Crippen LogP contribution in [0.5, 0.6) is 0 Å². The first-order valence-corrected chi connectivity index (χ1v) is 8.72. The van der Waals surface area contributed by atoms with E-state index in [1.54, 1.807) is 12.1 Å². The summed E-state index contributed by atoms with van der Waals surface area (Å²) < 4.78 is 18.6. The number of benzene rings is 1. The van der Waals surface area contributed by atoms with Gasteiger partial charge in [-0.1, -0.05) is 18.6 Å². The van der Waals surface area contributed by atoms with Gasteiger partial charge in [-0.15, -0.1) is 0 Å². The highest BCUT2D eigenvalue weighted by molar-refractivity contribution is 5.81. The largest absolute Gasteiger partial charge is 0.444 e. The van der Waals surface area contributed by atoms with Crippen molar-refractivity contribution in [3.8, 4) is 0 Å². The van der Waals surface area contributed by atoms with Gasteiger partial charge >= 0.3 is 0 Å². The first-order chi connectivity index (χ1) is 12.0. The van der Waals surface area contributed by atoms with E-state index in [4.69, 9.17) is 4.42 Å². The molecular formula is C19H24FN3O2. The van der Waals surface area contributed by atoms with Crippen LogP contribution in [0, 0.1) is 19.7 Å². The maximum Gasteiger partial charge on any atom is 0.237 e. The summed E-state index contributed by atoms with van der Waals surface area (Å²) in [6, 6.07) is 6.30. The maximum absolute atomic E-state index is 13.1. The molecule has 1 atom stereocenters. The second-order valence-electron chi connectivity index (χ2n) is 6.58. The molecule has 1 aromatic heterocycles. The molecule has 1 unspecified atom stereocenters. The standard InChI is InChI=1S/C19H24FN3O2/c1-13-14(2)25-18(22-13)11-21-19(24)17-5-3-4-10-23(17)12-15-6-8-16(20)9-7-15/h6-9,17H,3-5,10-12H2,1-2H3,(H,21,24). The van der Waals surface area contributed by atoms with Crippen molar-refractivity contribution < 1.29 is 13.6 Å². The monoisotopic (exact) mass is 345 g/mol. The summed E-state index contributed by atoms with van der Waals surface area (Å²) in [5, 5.41) is 2.94. The van der Waals surface area contributed by atoms with Gasteiger partial charge in [0.2, 0.25) is 11.8 Å². The van der Waals surface area contributed by atoms with E-state index in [1.165, 1.54) is 12.1 Å². The maximum atomic E-state index is 13.1. The van der Waals surface area contributed by atoms with Crippen molar-refractivity contribution in [2.45, 2.75) is 52.2 Å². The molecule has 1 fully saturated rings. The summed E-state index contributed by atoms with van der Waals surface area (Å²) in [4.78, 5) is 19.1. The molecule has 2 aromatic rings. The molecule has 134 valence electrons. The number of oxazole rings is 1. The van der Waals surface area contributed by atoms with Gasteiger partial charge in [-0.3, -0.25) is 9.69 Å². The summed E-state index contributed by atoms with van der Waals surface area (Å²) in [6.45, 7) is 5.56. The highest BCUT2D eigenvalue weighted by Crippen LogP contribution is 2.20. The highest BCUT2D eigenvalue weighted by Gasteiger charge is 2.28. The van der Waals surface area contributed by atoms with Crippen molar-refractivity contribution in [1.29, 1.82) is 0 Å². The fraction of sp³-hybridized carbons (Fsp3) is 0.474. The van der Waals surface area contributed by atoms with Gasteiger partial charge in [0.1, 0.15) is 11.6 Å². The molecule has 5 nitrogen and oxygen atoms in total. The van der Waals surface area contributed by atoms with Crippen LogP contribution in [0.25, 0.3) is 0 Å². The number of hydrogen-bond acceptors (Lipinski definition) is 4. The topological polar surface area (TPSA) is 58.4 Å². The fourth-order valence-electron chi connectivity index (χ4n) is 3.20. The third-order valence-electron chi connectivity index (χ3n) is 4.70. The Labute approximate surface area is 147 Å². The minimum Gasteiger partial charge on any atom is -0.444 e. The summed E-state index contributed by atoms with van der Waals surface area (Å²) in [7, 11) is 0. The number of aromatic nitrogens is 1. The zero-order valence-corrected chi connectivity index (χ0v) is 14.7. The van der Waals surface area contributed by atoms with E-state index in [-0.39, 0.29) is 17.8 Å². The van der Waals surface area contributed by atoms with Crippen LogP contribution in [-0.4, -0.2) is 28.4 Å². The van der Waals surface area contributed by atoms with E-state index >= 15 is 0 Å². The molecule has 0 bridgehead atoms. The minimum atomic E-state index is -0.242. The van der Waals surface area contributed by atoms with Crippen molar-refractivity contribution in [1.82, 2.24) is 15.2 Å². The van der Waals surface area contributed by atoms with Gasteiger partial charge in [0, 0.05) is 6.54 Å². The van der Waals surface area contributed by atoms with E-state index in [0.717, 1.165) is 42.8 Å². The van der Waals surface area contributed by atoms with Gasteiger partial charge in [0.15, 0.2) is 0 Å². The van der Waals surface area contributed by atoms with Crippen LogP contribution in [0.3, 0.4) is 0 Å². The summed E-state index contributed by atoms with van der Waals surface area (Å²) >= 11 is 0. The normalized spacial score (nSPS) is 18.3. The second-order valence-corrected chi connectivity index (χ2v) is 6.58. The Morgan fingerprint density at radius 3 is 2.76 bits per heavy atom. The lowest BCUT2D eigenvalue weighted by Gasteiger charge is -2.34. The Morgan fingerprint density at radius 2 is 2.08 bits per heavy atom. The molecule has 2 heterocycles. The van der Waals surface area contributed by atoms with E-state index in [1.807, 2.05) is 13.8 Å². The predicted octanol–water partition coefficient (Wildman–Crippen LogP) is 3.10. The molecule has 0 saturated carbocycles. The molecule has 3 rings (SSSR count). The van der Waals surface area contributed by atoms with Crippen LogP contribution in [0.2, 0.25) is 0 Å². The number of carbonyl (C=O) groups excluding carboxylic acids is 1. The average molecular weight is 345 g/mol. The van der Waals surface area contributed by atoms with Crippen LogP contribution < -0.4 is 5.32 Å². The third kappa shape index (κ3) is 4.45. The van der Waals surface area contributed by atoms with Gasteiger partial charge < -0.3 is 9.73 Å². The molecule has 1 aliphatic rings. The minimum absolute atomic E-state index is 0.00434. The highest BCUT2D eigenvalue weighted by atomic mass is 19.1. The lowest BCUT2D eigenvalue weighted by Crippen LogP contribution is -2.48. The molecule has 25 heavy (non-hydrogen) atoms. The average Bonchev–Trinajstić information content (AvgIpc) is 2.93. The number of nitrogens with zero attached hydrogens (tertiary/aromatic N) is 2. The molecule has 6 heteroatoms. The third-order valence-corrected chi connectivity index (χ3v) is 4.70. The lowest BCUT2D eigenvalue weighted by molar-refractivity contribution is -0.128. The van der Waals surface area contributed by atoms with E-state index in [0.29, 0.717) is 19.0 Å². The van der Waals surface area contributed by atoms with Crippen molar-refractivity contribution in [3.63, 3.8) is 0 Å². The van der Waals surface area contributed by atoms with Gasteiger partial charge in [-0.05, 0) is 50.9 Å². The summed E-state index contributed by atoms with van der Waals surface area (Å²) in [5.41, 5.74) is 1.86. The number of amides is 1. The van der Waals surface area contributed by atoms with Crippen LogP contribution in [-0.2, 0) is 17.9 Å². The van der Waals surface area contributed by atoms with E-state index < -0.39 is 0 Å². The van der Waals surface area contributed by atoms with Crippen LogP contribution in [0.1, 0.15) is 42.2 Å². The SMILES string of the molecule is Cc1nc(CNC(=O)C2CCCCN2Cc2ccc(F)cc2)oc1C. The number of rotatable bonds is 5. The predicted molar refractivity (Wildman–Crippen MR) is 92.3 cm³/mol. The van der Waals surface area contributed by atoms with Gasteiger partial charge in [0.25, 0.3) is 0 Å². The lowest BCUT2D eigenvalue weighted by atomic mass is 10.0. The van der Waals surface area contributed by atoms with Crippen LogP contribution >= 0.6 is 0 Å². The number of aryl methyl sites for hydroxylation is 2. The molecule has 0 spiro atoms. The number of hydrogen-bond donors (Lipinski definition) is 1. The first kappa shape index (κ1) is 17.6. The smallest absolute Gasteiger partial charge is 0.237 e. The van der Waals surface area contributed by atoms with Gasteiger partial charge in [-0.25, -0.2) is 9.37 Å². The van der Waals surface area contributed by atoms with Crippen molar-refractivity contribution >= 4 is 5.91 Å². The Balaban J connectivity index is 1.61. The van der Waals surface area contributed by atoms with Crippen molar-refractivity contribution in [3.05, 3.63) is 53.0 Å². The first-order valence-electron chi connectivity index (χ1n) is 8.72. The summed E-state index contributed by atoms with van der Waals surface area (Å²) in [5.74, 6) is 1.06. The number of nitrogens with one attached hydrogen (secondary N) is 1. The van der Waals surface area contributed by atoms with Gasteiger partial charge in [-0.2, -0.15) is 0 Å². The molecule has 1 N–H and O–H groups in total. The number of halogens is 1. The fourth-order valence-corrected chi connectivity index (χ4v) is 3.20. The number of likely N-dealkylation sites (tertiary alicyclic amines) is 1. The Kier molecular flexibility index (Phi) is 5.48. The Hall–Kier alpha value is -2.21. The van der Waals surface area contributed by atoms with E-state index in [2.05, 4.69) is 15.2 Å². The van der Waals surface area contributed by atoms with Crippen molar-refractivity contribution in [2.75, 3.05) is 6.54 Å².